The molecule has 1 aromatic carbocycles. The molecule has 7 nitrogen and oxygen atoms in total. The fourth-order valence-corrected chi connectivity index (χ4v) is 4.63. The summed E-state index contributed by atoms with van der Waals surface area (Å²) < 4.78 is 1.12. The van der Waals surface area contributed by atoms with Crippen LogP contribution < -0.4 is 11.6 Å². The monoisotopic (exact) mass is 639 g/mol. The van der Waals surface area contributed by atoms with Crippen LogP contribution in [0.2, 0.25) is 0 Å². The molecule has 4 N–H and O–H groups in total. The van der Waals surface area contributed by atoms with E-state index < -0.39 is 6.04 Å². The molecule has 1 aromatic heterocycles. The molecule has 0 spiro atoms. The second-order valence-corrected chi connectivity index (χ2v) is 8.09. The summed E-state index contributed by atoms with van der Waals surface area (Å²) in [5, 5.41) is 2.17. The Balaban J connectivity index is 0.00000210. The molecular formula is C20H27N5O2SU. The molecule has 1 fully saturated rings. The van der Waals surface area contributed by atoms with Crippen molar-refractivity contribution < 1.29 is 40.7 Å². The molecule has 0 saturated carbocycles. The zero-order chi connectivity index (χ0) is 19.6. The van der Waals surface area contributed by atoms with Crippen LogP contribution in [0.3, 0.4) is 0 Å². The number of para-hydroxylation sites is 1. The van der Waals surface area contributed by atoms with Gasteiger partial charge in [0.05, 0.1) is 16.3 Å². The van der Waals surface area contributed by atoms with E-state index in [1.165, 1.54) is 11.2 Å². The van der Waals surface area contributed by atoms with Crippen LogP contribution in [0.5, 0.6) is 0 Å². The zero-order valence-corrected chi connectivity index (χ0v) is 21.9. The topological polar surface area (TPSA) is 106 Å². The third-order valence-electron chi connectivity index (χ3n) is 4.74. The Bertz CT molecular complexity index is 836. The molecule has 154 valence electrons. The fraction of sp³-hybridized carbons (Fsp3) is 0.400. The van der Waals surface area contributed by atoms with Crippen LogP contribution in [0.15, 0.2) is 36.2 Å². The number of carbonyl (C=O) groups is 1. The average Bonchev–Trinajstić information content (AvgIpc) is 3.27. The molecule has 29 heavy (non-hydrogen) atoms. The quantitative estimate of drug-likeness (QED) is 0.218. The molecular weight excluding hydrogens is 612 g/mol. The predicted molar refractivity (Wildman–Crippen MR) is 112 cm³/mol. The second kappa shape index (κ2) is 11.1. The van der Waals surface area contributed by atoms with Gasteiger partial charge in [0.25, 0.3) is 0 Å². The molecule has 1 saturated heterocycles. The van der Waals surface area contributed by atoms with Crippen molar-refractivity contribution in [3.05, 3.63) is 48.6 Å². The number of carbonyl (C=O) groups excluding carboxylic acids is 2. The van der Waals surface area contributed by atoms with Crippen LogP contribution in [-0.2, 0) is 9.59 Å². The number of aromatic nitrogens is 1. The second-order valence-electron chi connectivity index (χ2n) is 7.03. The van der Waals surface area contributed by atoms with Crippen molar-refractivity contribution in [2.24, 2.45) is 17.5 Å². The van der Waals surface area contributed by atoms with Crippen LogP contribution in [0.25, 0.3) is 10.2 Å². The molecule has 2 unspecified atom stereocenters. The summed E-state index contributed by atoms with van der Waals surface area (Å²) in [6.45, 7) is 4.50. The number of amides is 1. The Labute approximate surface area is 199 Å². The number of likely N-dealkylation sites (tertiary alicyclic amines) is 1. The summed E-state index contributed by atoms with van der Waals surface area (Å²) >= 11 is 1.63. The van der Waals surface area contributed by atoms with Gasteiger partial charge in [0.15, 0.2) is 0 Å². The van der Waals surface area contributed by atoms with Crippen LogP contribution in [0, 0.1) is 44.5 Å². The van der Waals surface area contributed by atoms with Crippen molar-refractivity contribution in [2.75, 3.05) is 6.54 Å². The fourth-order valence-electron chi connectivity index (χ4n) is 3.51. The summed E-state index contributed by atoms with van der Waals surface area (Å²) in [4.78, 5) is 30.6. The van der Waals surface area contributed by atoms with Gasteiger partial charge < -0.3 is 27.9 Å². The van der Waals surface area contributed by atoms with Gasteiger partial charge in [0.2, 0.25) is 5.91 Å². The summed E-state index contributed by atoms with van der Waals surface area (Å²) in [5.41, 5.74) is 6.32. The number of allylic oxidation sites excluding steroid dienone is 1. The van der Waals surface area contributed by atoms with Crippen molar-refractivity contribution in [3.63, 3.8) is 0 Å². The molecule has 2 aromatic rings. The average molecular weight is 640 g/mol. The number of benzene rings is 1. The maximum Gasteiger partial charge on any atom is 2.00 e. The third-order valence-corrected chi connectivity index (χ3v) is 5.88. The SMILES string of the molecule is CC(C)C(C(=O)N1CCCC1c1nc2ccccc2s1)N(N)/C=C(\N)[C-]=O.[CH3-].[U+2]. The molecule has 2 atom stereocenters. The largest absolute Gasteiger partial charge is 2.00 e. The number of hydrogen-bond acceptors (Lipinski definition) is 7. The van der Waals surface area contributed by atoms with Crippen LogP contribution in [0.4, 0.5) is 0 Å². The summed E-state index contributed by atoms with van der Waals surface area (Å²) in [7, 11) is 0. The molecule has 9 heteroatoms. The van der Waals surface area contributed by atoms with Crippen molar-refractivity contribution in [1.82, 2.24) is 14.9 Å². The van der Waals surface area contributed by atoms with Gasteiger partial charge in [-0.05, 0) is 30.9 Å². The van der Waals surface area contributed by atoms with Crippen molar-refractivity contribution in [2.45, 2.75) is 38.8 Å². The maximum atomic E-state index is 13.3. The van der Waals surface area contributed by atoms with E-state index in [9.17, 15) is 9.59 Å². The van der Waals surface area contributed by atoms with Gasteiger partial charge in [-0.2, -0.15) is 0 Å². The number of hydrazine groups is 1. The Morgan fingerprint density at radius 3 is 2.72 bits per heavy atom. The van der Waals surface area contributed by atoms with Crippen molar-refractivity contribution in [1.29, 1.82) is 0 Å². The first kappa shape index (κ1) is 25.6. The minimum atomic E-state index is -0.619. The normalized spacial score (nSPS) is 17.6. The molecule has 1 aliphatic heterocycles. The molecule has 0 bridgehead atoms. The maximum absolute atomic E-state index is 13.3. The number of nitrogens with two attached hydrogens (primary N) is 2. The number of hydrogen-bond donors (Lipinski definition) is 2. The first-order valence-corrected chi connectivity index (χ1v) is 9.78. The van der Waals surface area contributed by atoms with Gasteiger partial charge in [-0.1, -0.05) is 31.7 Å². The summed E-state index contributed by atoms with van der Waals surface area (Å²) in [6.07, 6.45) is 4.64. The third kappa shape index (κ3) is 5.60. The van der Waals surface area contributed by atoms with E-state index in [1.807, 2.05) is 43.0 Å². The van der Waals surface area contributed by atoms with E-state index in [4.69, 9.17) is 16.6 Å². The minimum Gasteiger partial charge on any atom is -0.427 e. The number of nitrogens with zero attached hydrogens (tertiary/aromatic N) is 3. The van der Waals surface area contributed by atoms with Crippen molar-refractivity contribution in [3.8, 4) is 0 Å². The summed E-state index contributed by atoms with van der Waals surface area (Å²) in [6, 6.07) is 7.31. The molecule has 0 aliphatic carbocycles. The van der Waals surface area contributed by atoms with Crippen LogP contribution in [-0.4, -0.2) is 39.7 Å². The molecule has 0 radical (unpaired) electrons. The Kier molecular flexibility index (Phi) is 9.83. The number of rotatable bonds is 6. The number of thiazole rings is 1. The van der Waals surface area contributed by atoms with E-state index in [0.29, 0.717) is 6.54 Å². The number of fused-ring (bicyclic) bond motifs is 1. The molecule has 2 heterocycles. The Hall–Kier alpha value is -1.40. The van der Waals surface area contributed by atoms with E-state index in [2.05, 4.69) is 0 Å². The van der Waals surface area contributed by atoms with Crippen LogP contribution >= 0.6 is 11.3 Å². The zero-order valence-electron chi connectivity index (χ0n) is 17.0. The molecule has 3 rings (SSSR count). The first-order valence-electron chi connectivity index (χ1n) is 8.96. The standard InChI is InChI=1S/C19H24N5O2S.CH3.U/c1-12(2)17(24(21)10-13(20)11-25)19(26)23-9-5-7-15(23)18-22-14-6-3-4-8-16(14)27-18;;/h3-4,6,8,10,12,15,17H,5,7,9,20-21H2,1-2H3;1H3;/q2*-1;+2/b13-10-;;. The smallest absolute Gasteiger partial charge is 0.427 e. The minimum absolute atomic E-state index is 0. The summed E-state index contributed by atoms with van der Waals surface area (Å²) in [5.74, 6) is 5.91. The van der Waals surface area contributed by atoms with Gasteiger partial charge in [0.1, 0.15) is 11.0 Å². The Morgan fingerprint density at radius 1 is 1.41 bits per heavy atom. The van der Waals surface area contributed by atoms with E-state index in [1.54, 1.807) is 17.6 Å². The van der Waals surface area contributed by atoms with E-state index in [-0.39, 0.29) is 62.1 Å². The first-order chi connectivity index (χ1) is 12.9. The van der Waals surface area contributed by atoms with Crippen molar-refractivity contribution >= 4 is 33.7 Å². The van der Waals surface area contributed by atoms with Gasteiger partial charge in [0, 0.05) is 12.8 Å². The molecule has 1 amide bonds. The van der Waals surface area contributed by atoms with E-state index >= 15 is 0 Å². The van der Waals surface area contributed by atoms with E-state index in [0.717, 1.165) is 28.1 Å². The van der Waals surface area contributed by atoms with Gasteiger partial charge in [-0.25, -0.2) is 4.98 Å². The predicted octanol–water partition coefficient (Wildman–Crippen LogP) is 2.52. The Morgan fingerprint density at radius 2 is 2.10 bits per heavy atom. The van der Waals surface area contributed by atoms with Crippen LogP contribution in [0.1, 0.15) is 37.7 Å². The van der Waals surface area contributed by atoms with Gasteiger partial charge >= 0.3 is 31.1 Å². The van der Waals surface area contributed by atoms with Gasteiger partial charge in [-0.3, -0.25) is 10.6 Å². The van der Waals surface area contributed by atoms with Gasteiger partial charge in [-0.15, -0.1) is 17.5 Å². The molecule has 1 aliphatic rings.